The fourth-order valence-electron chi connectivity index (χ4n) is 3.73. The van der Waals surface area contributed by atoms with Crippen molar-refractivity contribution in [3.8, 4) is 5.75 Å². The normalized spacial score (nSPS) is 14.1. The number of carbonyl (C=O) groups is 1. The molecule has 38 heavy (non-hydrogen) atoms. The van der Waals surface area contributed by atoms with Crippen molar-refractivity contribution in [3.63, 3.8) is 0 Å². The molecule has 1 unspecified atom stereocenters. The van der Waals surface area contributed by atoms with Gasteiger partial charge in [0.15, 0.2) is 0 Å². The monoisotopic (exact) mass is 553 g/mol. The van der Waals surface area contributed by atoms with E-state index in [9.17, 15) is 4.79 Å². The topological polar surface area (TPSA) is 57.2 Å². The Morgan fingerprint density at radius 3 is 1.76 bits per heavy atom. The van der Waals surface area contributed by atoms with Crippen LogP contribution in [0.4, 0.5) is 0 Å². The summed E-state index contributed by atoms with van der Waals surface area (Å²) in [5.41, 5.74) is 2.97. The molecule has 0 bridgehead atoms. The second-order valence-corrected chi connectivity index (χ2v) is 16.5. The van der Waals surface area contributed by atoms with Crippen LogP contribution in [0.1, 0.15) is 106 Å². The second kappa shape index (κ2) is 13.9. The fourth-order valence-corrected chi connectivity index (χ4v) is 5.06. The molecule has 0 amide bonds. The zero-order valence-electron chi connectivity index (χ0n) is 26.8. The highest BCUT2D eigenvalue weighted by Crippen LogP contribution is 2.54. The summed E-state index contributed by atoms with van der Waals surface area (Å²) in [6, 6.07) is 4.40. The number of carbonyl (C=O) groups excluding carboxylic acids is 1. The van der Waals surface area contributed by atoms with E-state index in [1.54, 1.807) is 0 Å². The molecule has 0 N–H and O–H groups in total. The van der Waals surface area contributed by atoms with Crippen LogP contribution in [0, 0.1) is 0 Å². The van der Waals surface area contributed by atoms with E-state index < -0.39 is 8.38 Å². The van der Waals surface area contributed by atoms with Crippen LogP contribution in [-0.2, 0) is 36.0 Å². The number of methoxy groups -OCH3 is 1. The van der Waals surface area contributed by atoms with Gasteiger partial charge in [0.25, 0.3) is 0 Å². The van der Waals surface area contributed by atoms with E-state index in [2.05, 4.69) is 107 Å². The quantitative estimate of drug-likeness (QED) is 0.196. The smallest absolute Gasteiger partial charge is 0.305 e. The van der Waals surface area contributed by atoms with Crippen LogP contribution in [0.5, 0.6) is 5.75 Å². The van der Waals surface area contributed by atoms with Gasteiger partial charge in [-0.3, -0.25) is 4.79 Å². The van der Waals surface area contributed by atoms with Crippen LogP contribution in [0.15, 0.2) is 12.1 Å². The van der Waals surface area contributed by atoms with Gasteiger partial charge in [0, 0.05) is 35.8 Å². The summed E-state index contributed by atoms with van der Waals surface area (Å²) in [6.07, 6.45) is 0.991. The molecule has 1 atom stereocenters. The number of aryl methyl sites for hydroxylation is 1. The highest BCUT2D eigenvalue weighted by atomic mass is 31.2. The van der Waals surface area contributed by atoms with Gasteiger partial charge in [-0.15, -0.1) is 0 Å². The summed E-state index contributed by atoms with van der Waals surface area (Å²) >= 11 is 0. The Bertz CT molecular complexity index is 852. The van der Waals surface area contributed by atoms with Crippen LogP contribution in [0.2, 0.25) is 0 Å². The lowest BCUT2D eigenvalue weighted by Crippen LogP contribution is -2.30. The Morgan fingerprint density at radius 2 is 1.34 bits per heavy atom. The molecule has 0 spiro atoms. The lowest BCUT2D eigenvalue weighted by Gasteiger charge is -2.35. The first-order chi connectivity index (χ1) is 17.1. The first-order valence-corrected chi connectivity index (χ1v) is 15.0. The molecule has 0 heterocycles. The molecule has 0 aromatic heterocycles. The average molecular weight is 554 g/mol. The average Bonchev–Trinajstić information content (AvgIpc) is 2.73. The molecule has 1 aromatic carbocycles. The van der Waals surface area contributed by atoms with E-state index in [0.29, 0.717) is 26.1 Å². The lowest BCUT2D eigenvalue weighted by molar-refractivity contribution is -0.140. The maximum Gasteiger partial charge on any atom is 0.305 e. The molecule has 6 nitrogen and oxygen atoms in total. The minimum Gasteiger partial charge on any atom is -0.469 e. The standard InChI is InChI=1S/C31H56NO5P/c1-28(2,3)24-21-23(15-16-26(33)34-14)22-25(29(4,5)6)27(24)37-38(31(10,11)12)36-20-18-32(13)17-19-35-30(7,8)9/h21-22H,15-20H2,1-14H3. The molecule has 1 rings (SSSR count). The van der Waals surface area contributed by atoms with Crippen molar-refractivity contribution in [3.05, 3.63) is 28.8 Å². The number of likely N-dealkylation sites (N-methyl/N-ethyl adjacent to an activating group) is 1. The third-order valence-electron chi connectivity index (χ3n) is 6.02. The first-order valence-electron chi connectivity index (χ1n) is 13.8. The van der Waals surface area contributed by atoms with Crippen molar-refractivity contribution in [2.75, 3.05) is 40.5 Å². The van der Waals surface area contributed by atoms with Crippen LogP contribution < -0.4 is 4.52 Å². The molecule has 0 aliphatic carbocycles. The molecule has 0 radical (unpaired) electrons. The third kappa shape index (κ3) is 12.3. The van der Waals surface area contributed by atoms with Gasteiger partial charge in [-0.1, -0.05) is 74.4 Å². The summed E-state index contributed by atoms with van der Waals surface area (Å²) in [5, 5.41) is -0.170. The molecule has 0 saturated carbocycles. The van der Waals surface area contributed by atoms with Crippen LogP contribution in [0.25, 0.3) is 0 Å². The number of rotatable bonds is 12. The van der Waals surface area contributed by atoms with Gasteiger partial charge in [-0.05, 0) is 50.6 Å². The Labute approximate surface area is 235 Å². The zero-order valence-corrected chi connectivity index (χ0v) is 27.7. The van der Waals surface area contributed by atoms with Gasteiger partial charge >= 0.3 is 5.97 Å². The second-order valence-electron chi connectivity index (χ2n) is 14.2. The third-order valence-corrected chi connectivity index (χ3v) is 7.88. The molecular formula is C31H56NO5P. The summed E-state index contributed by atoms with van der Waals surface area (Å²) in [6.45, 7) is 28.9. The minimum absolute atomic E-state index is 0.129. The maximum atomic E-state index is 11.9. The Morgan fingerprint density at radius 1 is 0.842 bits per heavy atom. The van der Waals surface area contributed by atoms with E-state index in [-0.39, 0.29) is 27.6 Å². The van der Waals surface area contributed by atoms with E-state index in [1.165, 1.54) is 7.11 Å². The summed E-state index contributed by atoms with van der Waals surface area (Å²) < 4.78 is 24.1. The Kier molecular flexibility index (Phi) is 12.8. The minimum atomic E-state index is -1.23. The molecule has 0 aliphatic rings. The van der Waals surface area contributed by atoms with Crippen LogP contribution in [-0.4, -0.2) is 62.1 Å². The number of benzene rings is 1. The van der Waals surface area contributed by atoms with E-state index in [4.69, 9.17) is 18.5 Å². The van der Waals surface area contributed by atoms with Crippen molar-refractivity contribution in [1.82, 2.24) is 4.90 Å². The lowest BCUT2D eigenvalue weighted by atomic mass is 9.78. The number of ether oxygens (including phenoxy) is 2. The Balaban J connectivity index is 3.24. The van der Waals surface area contributed by atoms with Crippen molar-refractivity contribution in [1.29, 1.82) is 0 Å². The maximum absolute atomic E-state index is 11.9. The van der Waals surface area contributed by atoms with Gasteiger partial charge in [0.05, 0.1) is 25.9 Å². The highest BCUT2D eigenvalue weighted by Gasteiger charge is 2.35. The predicted molar refractivity (Wildman–Crippen MR) is 161 cm³/mol. The van der Waals surface area contributed by atoms with E-state index in [1.807, 2.05) is 0 Å². The molecule has 0 fully saturated rings. The molecule has 0 saturated heterocycles. The van der Waals surface area contributed by atoms with E-state index in [0.717, 1.165) is 35.5 Å². The van der Waals surface area contributed by atoms with Crippen molar-refractivity contribution < 1.29 is 23.3 Å². The van der Waals surface area contributed by atoms with Crippen LogP contribution in [0.3, 0.4) is 0 Å². The number of esters is 1. The van der Waals surface area contributed by atoms with Gasteiger partial charge < -0.3 is 23.4 Å². The van der Waals surface area contributed by atoms with Crippen molar-refractivity contribution in [2.24, 2.45) is 0 Å². The fraction of sp³-hybridized carbons (Fsp3) is 0.774. The molecule has 7 heteroatoms. The molecule has 0 aliphatic heterocycles. The number of hydrogen-bond donors (Lipinski definition) is 0. The highest BCUT2D eigenvalue weighted by molar-refractivity contribution is 7.49. The van der Waals surface area contributed by atoms with Gasteiger partial charge in [0.1, 0.15) is 5.75 Å². The van der Waals surface area contributed by atoms with Gasteiger partial charge in [0.2, 0.25) is 8.38 Å². The van der Waals surface area contributed by atoms with E-state index >= 15 is 0 Å². The van der Waals surface area contributed by atoms with Crippen LogP contribution >= 0.6 is 8.38 Å². The molecule has 220 valence electrons. The number of hydrogen-bond acceptors (Lipinski definition) is 6. The molecule has 1 aromatic rings. The Hall–Kier alpha value is -1.20. The van der Waals surface area contributed by atoms with Crippen molar-refractivity contribution in [2.45, 2.75) is 118 Å². The van der Waals surface area contributed by atoms with Crippen molar-refractivity contribution >= 4 is 14.3 Å². The predicted octanol–water partition coefficient (Wildman–Crippen LogP) is 7.64. The number of nitrogens with zero attached hydrogens (tertiary/aromatic N) is 1. The SMILES string of the molecule is COC(=O)CCc1cc(C(C)(C)C)c(OP(OCCN(C)CCOC(C)(C)C)C(C)(C)C)c(C(C)(C)C)c1. The summed E-state index contributed by atoms with van der Waals surface area (Å²) in [5.74, 6) is 0.722. The molecular weight excluding hydrogens is 497 g/mol. The van der Waals surface area contributed by atoms with Gasteiger partial charge in [-0.25, -0.2) is 0 Å². The first kappa shape index (κ1) is 34.8. The summed E-state index contributed by atoms with van der Waals surface area (Å²) in [7, 11) is 2.30. The van der Waals surface area contributed by atoms with Gasteiger partial charge in [-0.2, -0.15) is 0 Å². The zero-order chi connectivity index (χ0) is 29.5. The summed E-state index contributed by atoms with van der Waals surface area (Å²) in [4.78, 5) is 14.1. The largest absolute Gasteiger partial charge is 0.469 e.